The summed E-state index contributed by atoms with van der Waals surface area (Å²) in [6.45, 7) is 0. The average Bonchev–Trinajstić information content (AvgIpc) is 2.81. The van der Waals surface area contributed by atoms with E-state index >= 15 is 0 Å². The lowest BCUT2D eigenvalue weighted by Gasteiger charge is -2.33. The number of carbonyl (C=O) groups excluding carboxylic acids is 2. The van der Waals surface area contributed by atoms with Crippen LogP contribution >= 0.6 is 0 Å². The van der Waals surface area contributed by atoms with Crippen LogP contribution < -0.4 is 0 Å². The van der Waals surface area contributed by atoms with Crippen molar-refractivity contribution < 1.29 is 29.4 Å². The lowest BCUT2D eigenvalue weighted by atomic mass is 10.2. The molecule has 2 saturated heterocycles. The Hall–Kier alpha value is -2.12. The van der Waals surface area contributed by atoms with Crippen molar-refractivity contribution in [3.8, 4) is 0 Å². The molecule has 2 rings (SSSR count). The van der Waals surface area contributed by atoms with E-state index in [1.807, 2.05) is 0 Å². The number of carboxylic acid groups (broad SMARTS) is 2. The first-order chi connectivity index (χ1) is 8.43. The van der Waals surface area contributed by atoms with Gasteiger partial charge in [0.2, 0.25) is 11.8 Å². The number of aliphatic carboxylic acids is 2. The van der Waals surface area contributed by atoms with E-state index in [4.69, 9.17) is 10.2 Å². The smallest absolute Gasteiger partial charge is 0.328 e. The third kappa shape index (κ3) is 1.79. The minimum absolute atomic E-state index is 0.00703. The molecule has 98 valence electrons. The summed E-state index contributed by atoms with van der Waals surface area (Å²) in [6.07, 6.45) is 0.189. The third-order valence-corrected chi connectivity index (χ3v) is 3.17. The molecule has 2 amide bonds. The summed E-state index contributed by atoms with van der Waals surface area (Å²) in [5, 5.41) is 19.6. The second kappa shape index (κ2) is 4.28. The number of hydrazine groups is 1. The highest BCUT2D eigenvalue weighted by molar-refractivity contribution is 5.93. The zero-order chi connectivity index (χ0) is 13.4. The van der Waals surface area contributed by atoms with Gasteiger partial charge >= 0.3 is 11.9 Å². The van der Waals surface area contributed by atoms with E-state index in [9.17, 15) is 19.2 Å². The summed E-state index contributed by atoms with van der Waals surface area (Å²) < 4.78 is 0. The van der Waals surface area contributed by atoms with Crippen molar-refractivity contribution in [3.63, 3.8) is 0 Å². The fourth-order valence-electron chi connectivity index (χ4n) is 2.34. The predicted octanol–water partition coefficient (Wildman–Crippen LogP) is -0.947. The topological polar surface area (TPSA) is 115 Å². The second-order valence-corrected chi connectivity index (χ2v) is 4.26. The van der Waals surface area contributed by atoms with Crippen molar-refractivity contribution in [3.05, 3.63) is 0 Å². The number of amides is 2. The fourth-order valence-corrected chi connectivity index (χ4v) is 2.34. The monoisotopic (exact) mass is 256 g/mol. The van der Waals surface area contributed by atoms with Gasteiger partial charge in [0.05, 0.1) is 0 Å². The molecule has 2 aliphatic rings. The van der Waals surface area contributed by atoms with Gasteiger partial charge in [0, 0.05) is 12.8 Å². The zero-order valence-corrected chi connectivity index (χ0v) is 9.40. The van der Waals surface area contributed by atoms with Crippen LogP contribution in [0, 0.1) is 0 Å². The van der Waals surface area contributed by atoms with Gasteiger partial charge in [-0.3, -0.25) is 9.59 Å². The lowest BCUT2D eigenvalue weighted by molar-refractivity contribution is -0.176. The molecule has 2 unspecified atom stereocenters. The maximum absolute atomic E-state index is 11.7. The molecule has 0 aromatic rings. The number of hydrogen-bond donors (Lipinski definition) is 2. The van der Waals surface area contributed by atoms with E-state index in [0.717, 1.165) is 10.0 Å². The molecule has 0 radical (unpaired) electrons. The third-order valence-electron chi connectivity index (χ3n) is 3.17. The molecule has 18 heavy (non-hydrogen) atoms. The summed E-state index contributed by atoms with van der Waals surface area (Å²) in [6, 6.07) is -2.30. The van der Waals surface area contributed by atoms with E-state index in [1.54, 1.807) is 0 Å². The largest absolute Gasteiger partial charge is 0.480 e. The number of carboxylic acids is 2. The van der Waals surface area contributed by atoms with Crippen molar-refractivity contribution in [2.24, 2.45) is 0 Å². The van der Waals surface area contributed by atoms with Crippen LogP contribution in [0.3, 0.4) is 0 Å². The van der Waals surface area contributed by atoms with Gasteiger partial charge in [-0.15, -0.1) is 0 Å². The molecule has 0 aliphatic carbocycles. The lowest BCUT2D eigenvalue weighted by Crippen LogP contribution is -2.56. The Morgan fingerprint density at radius 2 is 1.22 bits per heavy atom. The van der Waals surface area contributed by atoms with E-state index in [-0.39, 0.29) is 25.7 Å². The van der Waals surface area contributed by atoms with Crippen LogP contribution in [0.15, 0.2) is 0 Å². The molecule has 0 aromatic heterocycles. The fraction of sp³-hybridized carbons (Fsp3) is 0.600. The van der Waals surface area contributed by atoms with E-state index < -0.39 is 35.8 Å². The van der Waals surface area contributed by atoms with Gasteiger partial charge in [0.25, 0.3) is 0 Å². The van der Waals surface area contributed by atoms with Crippen molar-refractivity contribution in [2.45, 2.75) is 37.8 Å². The first-order valence-electron chi connectivity index (χ1n) is 5.53. The minimum Gasteiger partial charge on any atom is -0.480 e. The van der Waals surface area contributed by atoms with Crippen LogP contribution in [0.5, 0.6) is 0 Å². The van der Waals surface area contributed by atoms with Crippen LogP contribution in [0.4, 0.5) is 0 Å². The Labute approximate surface area is 102 Å². The molecule has 2 aliphatic heterocycles. The summed E-state index contributed by atoms with van der Waals surface area (Å²) in [5.41, 5.74) is 0. The standard InChI is InChI=1S/C10H12N2O6/c13-7-3-1-5(9(15)16)11(7)12-6(10(17)18)2-4-8(12)14/h5-6H,1-4H2,(H,15,16)(H,17,18). The first kappa shape index (κ1) is 12.3. The molecule has 8 nitrogen and oxygen atoms in total. The molecule has 2 atom stereocenters. The SMILES string of the molecule is O=C(O)C1CCC(=O)N1N1C(=O)CCC1C(=O)O. The Morgan fingerprint density at radius 1 is 0.889 bits per heavy atom. The van der Waals surface area contributed by atoms with Crippen LogP contribution in [0.2, 0.25) is 0 Å². The molecule has 0 saturated carbocycles. The normalized spacial score (nSPS) is 28.0. The Kier molecular flexibility index (Phi) is 2.93. The van der Waals surface area contributed by atoms with Crippen molar-refractivity contribution in [2.75, 3.05) is 0 Å². The van der Waals surface area contributed by atoms with Gasteiger partial charge in [0.1, 0.15) is 0 Å². The van der Waals surface area contributed by atoms with E-state index in [1.165, 1.54) is 0 Å². The summed E-state index contributed by atoms with van der Waals surface area (Å²) >= 11 is 0. The van der Waals surface area contributed by atoms with Gasteiger partial charge in [-0.25, -0.2) is 19.6 Å². The highest BCUT2D eigenvalue weighted by Crippen LogP contribution is 2.29. The first-order valence-corrected chi connectivity index (χ1v) is 5.53. The number of nitrogens with zero attached hydrogens (tertiary/aromatic N) is 2. The van der Waals surface area contributed by atoms with Crippen molar-refractivity contribution >= 4 is 23.8 Å². The second-order valence-electron chi connectivity index (χ2n) is 4.26. The Balaban J connectivity index is 2.32. The summed E-state index contributed by atoms with van der Waals surface area (Å²) in [5.74, 6) is -3.51. The number of rotatable bonds is 3. The van der Waals surface area contributed by atoms with Crippen LogP contribution in [-0.4, -0.2) is 56.1 Å². The minimum atomic E-state index is -1.23. The zero-order valence-electron chi connectivity index (χ0n) is 9.40. The summed E-state index contributed by atoms with van der Waals surface area (Å²) in [7, 11) is 0. The van der Waals surface area contributed by atoms with Crippen LogP contribution in [0.1, 0.15) is 25.7 Å². The summed E-state index contributed by atoms with van der Waals surface area (Å²) in [4.78, 5) is 45.4. The Bertz CT molecular complexity index is 394. The molecule has 0 bridgehead atoms. The molecule has 2 fully saturated rings. The molecular formula is C10H12N2O6. The molecule has 2 N–H and O–H groups in total. The van der Waals surface area contributed by atoms with Crippen LogP contribution in [-0.2, 0) is 19.2 Å². The van der Waals surface area contributed by atoms with E-state index in [0.29, 0.717) is 0 Å². The average molecular weight is 256 g/mol. The number of hydrogen-bond acceptors (Lipinski definition) is 4. The highest BCUT2D eigenvalue weighted by atomic mass is 16.4. The van der Waals surface area contributed by atoms with Gasteiger partial charge in [0.15, 0.2) is 12.1 Å². The molecule has 8 heteroatoms. The maximum Gasteiger partial charge on any atom is 0.328 e. The van der Waals surface area contributed by atoms with Crippen molar-refractivity contribution in [1.29, 1.82) is 0 Å². The Morgan fingerprint density at radius 3 is 1.50 bits per heavy atom. The molecular weight excluding hydrogens is 244 g/mol. The maximum atomic E-state index is 11.7. The quantitative estimate of drug-likeness (QED) is 0.672. The van der Waals surface area contributed by atoms with Gasteiger partial charge < -0.3 is 10.2 Å². The van der Waals surface area contributed by atoms with Gasteiger partial charge in [-0.1, -0.05) is 0 Å². The highest BCUT2D eigenvalue weighted by Gasteiger charge is 2.48. The van der Waals surface area contributed by atoms with Gasteiger partial charge in [-0.2, -0.15) is 0 Å². The number of carbonyl (C=O) groups is 4. The van der Waals surface area contributed by atoms with Crippen LogP contribution in [0.25, 0.3) is 0 Å². The van der Waals surface area contributed by atoms with Gasteiger partial charge in [-0.05, 0) is 12.8 Å². The van der Waals surface area contributed by atoms with Crippen molar-refractivity contribution in [1.82, 2.24) is 10.0 Å². The van der Waals surface area contributed by atoms with E-state index in [2.05, 4.69) is 0 Å². The molecule has 0 aromatic carbocycles. The molecule has 0 spiro atoms. The predicted molar refractivity (Wildman–Crippen MR) is 55.0 cm³/mol. The molecule has 2 heterocycles.